The van der Waals surface area contributed by atoms with E-state index in [1.54, 1.807) is 30.5 Å². The van der Waals surface area contributed by atoms with Gasteiger partial charge in [-0.3, -0.25) is 14.4 Å². The first kappa shape index (κ1) is 26.5. The molecule has 1 aromatic carbocycles. The van der Waals surface area contributed by atoms with E-state index in [9.17, 15) is 28.0 Å². The lowest BCUT2D eigenvalue weighted by Gasteiger charge is -2.28. The van der Waals surface area contributed by atoms with Gasteiger partial charge in [0.2, 0.25) is 15.9 Å². The Hall–Kier alpha value is -4.10. The molecule has 0 aliphatic carbocycles. The Bertz CT molecular complexity index is 1490. The summed E-state index contributed by atoms with van der Waals surface area (Å²) in [6, 6.07) is 6.69. The molecule has 1 N–H and O–H groups in total. The Morgan fingerprint density at radius 1 is 1.26 bits per heavy atom. The van der Waals surface area contributed by atoms with Crippen molar-refractivity contribution in [2.45, 2.75) is 49.2 Å². The maximum absolute atomic E-state index is 13.6. The summed E-state index contributed by atoms with van der Waals surface area (Å²) in [7, 11) is -4.13. The molecule has 13 heteroatoms. The second-order valence-corrected chi connectivity index (χ2v) is 11.4. The van der Waals surface area contributed by atoms with Crippen LogP contribution in [0.25, 0.3) is 11.3 Å². The Labute approximate surface area is 224 Å². The molecule has 2 fully saturated rings. The third-order valence-corrected chi connectivity index (χ3v) is 8.91. The number of carbonyl (C=O) groups excluding carboxylic acids is 3. The molecule has 0 radical (unpaired) electrons. The Balaban J connectivity index is 1.31. The molecule has 4 heterocycles. The van der Waals surface area contributed by atoms with E-state index in [1.807, 2.05) is 6.92 Å². The van der Waals surface area contributed by atoms with E-state index in [2.05, 4.69) is 10.3 Å². The summed E-state index contributed by atoms with van der Waals surface area (Å²) in [6.45, 7) is 1.66. The first-order valence-corrected chi connectivity index (χ1v) is 14.0. The van der Waals surface area contributed by atoms with Crippen LogP contribution in [0.5, 0.6) is 0 Å². The summed E-state index contributed by atoms with van der Waals surface area (Å²) in [5.41, 5.74) is 1.09. The van der Waals surface area contributed by atoms with Gasteiger partial charge in [0, 0.05) is 23.7 Å². The predicted octanol–water partition coefficient (Wildman–Crippen LogP) is 1.12. The van der Waals surface area contributed by atoms with Gasteiger partial charge in [-0.2, -0.15) is 9.04 Å². The van der Waals surface area contributed by atoms with E-state index < -0.39 is 52.3 Å². The molecule has 39 heavy (non-hydrogen) atoms. The van der Waals surface area contributed by atoms with Crippen molar-refractivity contribution in [1.82, 2.24) is 19.5 Å². The van der Waals surface area contributed by atoms with E-state index in [0.717, 1.165) is 16.1 Å². The lowest BCUT2D eigenvalue weighted by Crippen LogP contribution is -2.52. The first-order valence-electron chi connectivity index (χ1n) is 12.5. The van der Waals surface area contributed by atoms with Gasteiger partial charge in [-0.1, -0.05) is 25.5 Å². The molecule has 2 saturated heterocycles. The monoisotopic (exact) mass is 553 g/mol. The van der Waals surface area contributed by atoms with Gasteiger partial charge in [-0.25, -0.2) is 13.4 Å². The van der Waals surface area contributed by atoms with E-state index >= 15 is 0 Å². The van der Waals surface area contributed by atoms with Crippen LogP contribution in [0.3, 0.4) is 0 Å². The van der Waals surface area contributed by atoms with Gasteiger partial charge >= 0.3 is 0 Å². The Morgan fingerprint density at radius 3 is 2.69 bits per heavy atom. The van der Waals surface area contributed by atoms with Crippen LogP contribution in [0.2, 0.25) is 0 Å². The predicted molar refractivity (Wildman–Crippen MR) is 136 cm³/mol. The number of likely N-dealkylation sites (tertiary alicyclic amines) is 1. The van der Waals surface area contributed by atoms with E-state index in [4.69, 9.17) is 4.42 Å². The van der Waals surface area contributed by atoms with Crippen molar-refractivity contribution in [3.63, 3.8) is 0 Å². The standard InChI is InChI=1S/C26H27N5O7S/c1-2-4-20(28-25(33)18-8-6-17(7-9-18)23-13-27-16-38-23)26(34)30-12-10-21-24(30)22(32)15-31(21)39(36,37)19-5-3-11-29(35)14-19/h3,5-9,11,13-14,16,20-21,24H,2,4,10,12,15H2,1H3,(H,28,33). The number of nitrogens with one attached hydrogen (secondary N) is 1. The number of rotatable bonds is 8. The summed E-state index contributed by atoms with van der Waals surface area (Å²) >= 11 is 0. The summed E-state index contributed by atoms with van der Waals surface area (Å²) < 4.78 is 33.2. The normalized spacial score (nSPS) is 20.1. The molecule has 0 bridgehead atoms. The lowest BCUT2D eigenvalue weighted by molar-refractivity contribution is -0.607. The van der Waals surface area contributed by atoms with E-state index in [1.165, 1.54) is 29.6 Å². The average Bonchev–Trinajstić information content (AvgIpc) is 3.67. The molecule has 5 rings (SSSR count). The SMILES string of the molecule is CCCC(NC(=O)c1ccc(-c2cnco2)cc1)C(=O)N1CCC2C1C(=O)CN2S(=O)(=O)c1ccc[n+]([O-])c1. The summed E-state index contributed by atoms with van der Waals surface area (Å²) in [4.78, 5) is 44.7. The highest BCUT2D eigenvalue weighted by Gasteiger charge is 2.54. The molecule has 3 aromatic rings. The number of pyridine rings is 1. The third kappa shape index (κ3) is 5.02. The summed E-state index contributed by atoms with van der Waals surface area (Å²) in [6.07, 6.45) is 6.19. The maximum atomic E-state index is 13.6. The number of fused-ring (bicyclic) bond motifs is 1. The highest BCUT2D eigenvalue weighted by atomic mass is 32.2. The zero-order valence-corrected chi connectivity index (χ0v) is 21.9. The summed E-state index contributed by atoms with van der Waals surface area (Å²) in [5.74, 6) is -0.717. The van der Waals surface area contributed by atoms with Crippen molar-refractivity contribution >= 4 is 27.6 Å². The number of sulfonamides is 1. The minimum Gasteiger partial charge on any atom is -0.619 e. The minimum atomic E-state index is -4.13. The molecule has 2 aliphatic rings. The highest BCUT2D eigenvalue weighted by molar-refractivity contribution is 7.89. The van der Waals surface area contributed by atoms with Crippen LogP contribution in [0.15, 0.2) is 70.7 Å². The number of Topliss-reactive ketones (excluding diaryl/α,β-unsaturated/α-hetero) is 1. The van der Waals surface area contributed by atoms with Crippen molar-refractivity contribution in [3.05, 3.63) is 72.2 Å². The van der Waals surface area contributed by atoms with Crippen molar-refractivity contribution in [2.75, 3.05) is 13.1 Å². The molecule has 3 unspecified atom stereocenters. The number of nitrogens with zero attached hydrogens (tertiary/aromatic N) is 4. The van der Waals surface area contributed by atoms with Crippen molar-refractivity contribution in [2.24, 2.45) is 0 Å². The van der Waals surface area contributed by atoms with Crippen LogP contribution in [0, 0.1) is 5.21 Å². The van der Waals surface area contributed by atoms with Gasteiger partial charge in [0.25, 0.3) is 5.91 Å². The van der Waals surface area contributed by atoms with Crippen LogP contribution in [0.4, 0.5) is 0 Å². The van der Waals surface area contributed by atoms with Crippen molar-refractivity contribution < 1.29 is 31.9 Å². The maximum Gasteiger partial charge on any atom is 0.251 e. The Morgan fingerprint density at radius 2 is 2.03 bits per heavy atom. The fraction of sp³-hybridized carbons (Fsp3) is 0.346. The van der Waals surface area contributed by atoms with Crippen molar-refractivity contribution in [1.29, 1.82) is 0 Å². The second-order valence-electron chi connectivity index (χ2n) is 9.51. The zero-order chi connectivity index (χ0) is 27.7. The number of ketones is 1. The summed E-state index contributed by atoms with van der Waals surface area (Å²) in [5, 5.41) is 14.4. The lowest BCUT2D eigenvalue weighted by atomic mass is 10.1. The minimum absolute atomic E-state index is 0.171. The number of hydrogen-bond acceptors (Lipinski definition) is 8. The number of hydrogen-bond donors (Lipinski definition) is 1. The Kier molecular flexibility index (Phi) is 7.19. The van der Waals surface area contributed by atoms with Crippen LogP contribution in [0.1, 0.15) is 36.5 Å². The quantitative estimate of drug-likeness (QED) is 0.321. The van der Waals surface area contributed by atoms with E-state index in [0.29, 0.717) is 28.9 Å². The molecule has 3 atom stereocenters. The molecule has 2 aliphatic heterocycles. The topological polar surface area (TPSA) is 157 Å². The third-order valence-electron chi connectivity index (χ3n) is 7.06. The molecular weight excluding hydrogens is 526 g/mol. The molecule has 0 spiro atoms. The molecule has 2 amide bonds. The number of oxazole rings is 1. The van der Waals surface area contributed by atoms with Gasteiger partial charge in [-0.05, 0) is 31.0 Å². The average molecular weight is 554 g/mol. The van der Waals surface area contributed by atoms with Crippen molar-refractivity contribution in [3.8, 4) is 11.3 Å². The molecule has 2 aromatic heterocycles. The van der Waals surface area contributed by atoms with Crippen LogP contribution < -0.4 is 10.0 Å². The van der Waals surface area contributed by atoms with Gasteiger partial charge in [0.1, 0.15) is 17.0 Å². The van der Waals surface area contributed by atoms with E-state index in [-0.39, 0.29) is 17.9 Å². The van der Waals surface area contributed by atoms with Crippen LogP contribution in [-0.4, -0.2) is 71.4 Å². The van der Waals surface area contributed by atoms with Crippen LogP contribution >= 0.6 is 0 Å². The molecule has 204 valence electrons. The second kappa shape index (κ2) is 10.6. The first-order chi connectivity index (χ1) is 18.7. The largest absolute Gasteiger partial charge is 0.619 e. The number of aromatic nitrogens is 2. The van der Waals surface area contributed by atoms with Gasteiger partial charge in [0.15, 0.2) is 30.3 Å². The highest BCUT2D eigenvalue weighted by Crippen LogP contribution is 2.34. The fourth-order valence-corrected chi connectivity index (χ4v) is 6.83. The fourth-order valence-electron chi connectivity index (χ4n) is 5.19. The van der Waals surface area contributed by atoms with Crippen LogP contribution in [-0.2, 0) is 19.6 Å². The molecule has 0 saturated carbocycles. The number of amides is 2. The molecule has 12 nitrogen and oxygen atoms in total. The molecular formula is C26H27N5O7S. The van der Waals surface area contributed by atoms with Gasteiger partial charge in [0.05, 0.1) is 18.8 Å². The number of benzene rings is 1. The zero-order valence-electron chi connectivity index (χ0n) is 21.1. The smallest absolute Gasteiger partial charge is 0.251 e. The number of carbonyl (C=O) groups is 3. The van der Waals surface area contributed by atoms with Gasteiger partial charge < -0.3 is 19.8 Å². The van der Waals surface area contributed by atoms with Gasteiger partial charge in [-0.15, -0.1) is 0 Å².